The smallest absolute Gasteiger partial charge is 0.315 e. The van der Waals surface area contributed by atoms with Crippen molar-refractivity contribution in [2.75, 3.05) is 20.3 Å². The number of aliphatic hydroxyl groups is 1. The summed E-state index contributed by atoms with van der Waals surface area (Å²) in [6, 6.07) is 5.28. The third-order valence-electron chi connectivity index (χ3n) is 3.66. The van der Waals surface area contributed by atoms with E-state index in [-0.39, 0.29) is 24.6 Å². The SMILES string of the molecule is COc1ccc(CCNC(=O)N[C@@H]2C=C[C@H](CO)C2)c(Cl)c1. The van der Waals surface area contributed by atoms with Gasteiger partial charge in [-0.1, -0.05) is 29.8 Å². The first-order valence-electron chi connectivity index (χ1n) is 7.28. The van der Waals surface area contributed by atoms with E-state index in [4.69, 9.17) is 21.4 Å². The van der Waals surface area contributed by atoms with E-state index < -0.39 is 0 Å². The van der Waals surface area contributed by atoms with Crippen LogP contribution >= 0.6 is 11.6 Å². The molecule has 0 unspecified atom stereocenters. The summed E-state index contributed by atoms with van der Waals surface area (Å²) in [6.07, 6.45) is 5.24. The van der Waals surface area contributed by atoms with Crippen LogP contribution in [-0.2, 0) is 6.42 Å². The van der Waals surface area contributed by atoms with E-state index in [9.17, 15) is 4.79 Å². The molecule has 0 saturated carbocycles. The zero-order valence-corrected chi connectivity index (χ0v) is 13.3. The Morgan fingerprint density at radius 2 is 2.27 bits per heavy atom. The van der Waals surface area contributed by atoms with E-state index >= 15 is 0 Å². The standard InChI is InChI=1S/C16H21ClN2O3/c1-22-14-5-3-12(15(17)9-14)6-7-18-16(21)19-13-4-2-11(8-13)10-20/h2-5,9,11,13,20H,6-8,10H2,1H3,(H2,18,19,21)/t11-,13+/m0/s1. The summed E-state index contributed by atoms with van der Waals surface area (Å²) >= 11 is 6.15. The number of carbonyl (C=O) groups is 1. The van der Waals surface area contributed by atoms with E-state index in [1.807, 2.05) is 24.3 Å². The molecule has 0 heterocycles. The number of ether oxygens (including phenoxy) is 1. The molecular formula is C16H21ClN2O3. The second-order valence-corrected chi connectivity index (χ2v) is 5.68. The fourth-order valence-electron chi connectivity index (χ4n) is 2.40. The fourth-order valence-corrected chi connectivity index (χ4v) is 2.67. The summed E-state index contributed by atoms with van der Waals surface area (Å²) in [4.78, 5) is 11.8. The maximum atomic E-state index is 11.8. The van der Waals surface area contributed by atoms with Gasteiger partial charge in [-0.15, -0.1) is 0 Å². The van der Waals surface area contributed by atoms with Gasteiger partial charge in [0.1, 0.15) is 5.75 Å². The normalized spacial score (nSPS) is 20.0. The summed E-state index contributed by atoms with van der Waals surface area (Å²) in [7, 11) is 1.59. The van der Waals surface area contributed by atoms with Gasteiger partial charge in [0.05, 0.1) is 7.11 Å². The molecule has 2 amide bonds. The van der Waals surface area contributed by atoms with Gasteiger partial charge in [0, 0.05) is 30.1 Å². The van der Waals surface area contributed by atoms with Crippen LogP contribution < -0.4 is 15.4 Å². The summed E-state index contributed by atoms with van der Waals surface area (Å²) in [5, 5.41) is 15.4. The fraction of sp³-hybridized carbons (Fsp3) is 0.438. The highest BCUT2D eigenvalue weighted by Gasteiger charge is 2.19. The number of urea groups is 1. The number of aliphatic hydroxyl groups excluding tert-OH is 1. The first kappa shape index (κ1) is 16.6. The molecule has 0 fully saturated rings. The molecule has 1 aliphatic carbocycles. The largest absolute Gasteiger partial charge is 0.497 e. The Morgan fingerprint density at radius 1 is 1.45 bits per heavy atom. The molecule has 5 nitrogen and oxygen atoms in total. The number of halogens is 1. The zero-order chi connectivity index (χ0) is 15.9. The number of amides is 2. The van der Waals surface area contributed by atoms with Gasteiger partial charge >= 0.3 is 6.03 Å². The van der Waals surface area contributed by atoms with Crippen molar-refractivity contribution >= 4 is 17.6 Å². The van der Waals surface area contributed by atoms with Gasteiger partial charge in [0.25, 0.3) is 0 Å². The molecule has 0 bridgehead atoms. The van der Waals surface area contributed by atoms with Crippen LogP contribution in [-0.4, -0.2) is 37.4 Å². The predicted octanol–water partition coefficient (Wildman–Crippen LogP) is 2.13. The van der Waals surface area contributed by atoms with E-state index in [0.717, 1.165) is 12.0 Å². The lowest BCUT2D eigenvalue weighted by atomic mass is 10.1. The zero-order valence-electron chi connectivity index (χ0n) is 12.5. The van der Waals surface area contributed by atoms with Gasteiger partial charge in [-0.25, -0.2) is 4.79 Å². The summed E-state index contributed by atoms with van der Waals surface area (Å²) in [5.74, 6) is 0.856. The third kappa shape index (κ3) is 4.64. The average molecular weight is 325 g/mol. The van der Waals surface area contributed by atoms with Crippen LogP contribution in [0.1, 0.15) is 12.0 Å². The second kappa shape index (κ2) is 8.06. The Morgan fingerprint density at radius 3 is 2.91 bits per heavy atom. The number of rotatable bonds is 6. The third-order valence-corrected chi connectivity index (χ3v) is 4.02. The number of carbonyl (C=O) groups excluding carboxylic acids is 1. The molecule has 3 N–H and O–H groups in total. The van der Waals surface area contributed by atoms with Crippen LogP contribution in [0.5, 0.6) is 5.75 Å². The van der Waals surface area contributed by atoms with Crippen molar-refractivity contribution in [1.82, 2.24) is 10.6 Å². The van der Waals surface area contributed by atoms with E-state index in [2.05, 4.69) is 10.6 Å². The maximum Gasteiger partial charge on any atom is 0.315 e. The van der Waals surface area contributed by atoms with Gasteiger partial charge in [-0.05, 0) is 30.5 Å². The number of benzene rings is 1. The molecule has 22 heavy (non-hydrogen) atoms. The number of hydrogen-bond acceptors (Lipinski definition) is 3. The molecule has 1 aliphatic rings. The molecule has 0 aliphatic heterocycles. The molecule has 2 rings (SSSR count). The number of nitrogens with one attached hydrogen (secondary N) is 2. The first-order chi connectivity index (χ1) is 10.6. The molecule has 1 aromatic carbocycles. The highest BCUT2D eigenvalue weighted by Crippen LogP contribution is 2.22. The molecule has 120 valence electrons. The van der Waals surface area contributed by atoms with Gasteiger partial charge < -0.3 is 20.5 Å². The monoisotopic (exact) mass is 324 g/mol. The predicted molar refractivity (Wildman–Crippen MR) is 86.4 cm³/mol. The van der Waals surface area contributed by atoms with Gasteiger partial charge in [0.2, 0.25) is 0 Å². The van der Waals surface area contributed by atoms with Crippen molar-refractivity contribution in [2.24, 2.45) is 5.92 Å². The lowest BCUT2D eigenvalue weighted by Gasteiger charge is -2.14. The van der Waals surface area contributed by atoms with Gasteiger partial charge in [0.15, 0.2) is 0 Å². The number of hydrogen-bond donors (Lipinski definition) is 3. The molecule has 6 heteroatoms. The summed E-state index contributed by atoms with van der Waals surface area (Å²) < 4.78 is 5.10. The van der Waals surface area contributed by atoms with Crippen LogP contribution in [0, 0.1) is 5.92 Å². The van der Waals surface area contributed by atoms with Crippen molar-refractivity contribution < 1.29 is 14.6 Å². The van der Waals surface area contributed by atoms with Crippen molar-refractivity contribution in [1.29, 1.82) is 0 Å². The molecule has 0 radical (unpaired) electrons. The Balaban J connectivity index is 1.72. The van der Waals surface area contributed by atoms with E-state index in [1.54, 1.807) is 13.2 Å². The van der Waals surface area contributed by atoms with E-state index in [1.165, 1.54) is 0 Å². The van der Waals surface area contributed by atoms with E-state index in [0.29, 0.717) is 23.7 Å². The van der Waals surface area contributed by atoms with Crippen LogP contribution in [0.4, 0.5) is 4.79 Å². The average Bonchev–Trinajstić information content (AvgIpc) is 2.96. The summed E-state index contributed by atoms with van der Waals surface area (Å²) in [5.41, 5.74) is 0.962. The van der Waals surface area contributed by atoms with Gasteiger partial charge in [-0.2, -0.15) is 0 Å². The van der Waals surface area contributed by atoms with Crippen molar-refractivity contribution in [3.05, 3.63) is 40.9 Å². The van der Waals surface area contributed by atoms with Crippen LogP contribution in [0.15, 0.2) is 30.4 Å². The molecule has 2 atom stereocenters. The Kier molecular flexibility index (Phi) is 6.10. The van der Waals surface area contributed by atoms with Crippen molar-refractivity contribution in [2.45, 2.75) is 18.9 Å². The lowest BCUT2D eigenvalue weighted by Crippen LogP contribution is -2.41. The maximum absolute atomic E-state index is 11.8. The van der Waals surface area contributed by atoms with Gasteiger partial charge in [-0.3, -0.25) is 0 Å². The van der Waals surface area contributed by atoms with Crippen molar-refractivity contribution in [3.63, 3.8) is 0 Å². The molecular weight excluding hydrogens is 304 g/mol. The quantitative estimate of drug-likeness (QED) is 0.702. The molecule has 0 aromatic heterocycles. The second-order valence-electron chi connectivity index (χ2n) is 5.28. The highest BCUT2D eigenvalue weighted by atomic mass is 35.5. The van der Waals surface area contributed by atoms with Crippen LogP contribution in [0.2, 0.25) is 5.02 Å². The molecule has 0 spiro atoms. The van der Waals surface area contributed by atoms with Crippen LogP contribution in [0.25, 0.3) is 0 Å². The Labute approximate surface area is 135 Å². The lowest BCUT2D eigenvalue weighted by molar-refractivity contribution is 0.231. The summed E-state index contributed by atoms with van der Waals surface area (Å²) in [6.45, 7) is 0.615. The Bertz CT molecular complexity index is 548. The Hall–Kier alpha value is -1.72. The minimum atomic E-state index is -0.210. The topological polar surface area (TPSA) is 70.6 Å². The van der Waals surface area contributed by atoms with Crippen molar-refractivity contribution in [3.8, 4) is 5.75 Å². The minimum Gasteiger partial charge on any atom is -0.497 e. The molecule has 0 saturated heterocycles. The number of methoxy groups -OCH3 is 1. The molecule has 1 aromatic rings. The van der Waals surface area contributed by atoms with Crippen LogP contribution in [0.3, 0.4) is 0 Å². The first-order valence-corrected chi connectivity index (χ1v) is 7.66. The highest BCUT2D eigenvalue weighted by molar-refractivity contribution is 6.31. The minimum absolute atomic E-state index is 0.0123.